The zero-order chi connectivity index (χ0) is 12.7. The lowest BCUT2D eigenvalue weighted by atomic mass is 9.99. The summed E-state index contributed by atoms with van der Waals surface area (Å²) in [5, 5.41) is 8.72. The van der Waals surface area contributed by atoms with Crippen LogP contribution in [0.15, 0.2) is 30.3 Å². The number of aliphatic carboxylic acids is 1. The van der Waals surface area contributed by atoms with E-state index in [0.29, 0.717) is 13.0 Å². The first-order valence-corrected chi connectivity index (χ1v) is 5.75. The van der Waals surface area contributed by atoms with Crippen LogP contribution in [0.4, 0.5) is 0 Å². The summed E-state index contributed by atoms with van der Waals surface area (Å²) in [7, 11) is 0. The van der Waals surface area contributed by atoms with Crippen LogP contribution in [0.25, 0.3) is 0 Å². The number of carboxylic acids is 1. The second-order valence-corrected chi connectivity index (χ2v) is 4.18. The largest absolute Gasteiger partial charge is 0.491 e. The molecule has 4 nitrogen and oxygen atoms in total. The summed E-state index contributed by atoms with van der Waals surface area (Å²) in [5.74, 6) is -0.0512. The van der Waals surface area contributed by atoms with Gasteiger partial charge in [0.1, 0.15) is 5.75 Å². The van der Waals surface area contributed by atoms with Crippen LogP contribution in [0.5, 0.6) is 5.75 Å². The first-order valence-electron chi connectivity index (χ1n) is 5.75. The Morgan fingerprint density at radius 2 is 2.06 bits per heavy atom. The summed E-state index contributed by atoms with van der Waals surface area (Å²) in [6.07, 6.45) is 0.710. The van der Waals surface area contributed by atoms with Crippen LogP contribution in [0.1, 0.15) is 19.8 Å². The standard InChI is InChI=1S/C13H19NO3/c1-10(7-11(9-14)8-13(15)16)17-12-5-3-2-4-6-12/h2-6,10-11H,7-9,14H2,1H3,(H,15,16)/t10-,11?/m0/s1. The summed E-state index contributed by atoms with van der Waals surface area (Å²) in [4.78, 5) is 10.6. The maximum Gasteiger partial charge on any atom is 0.303 e. The Labute approximate surface area is 101 Å². The molecule has 0 spiro atoms. The van der Waals surface area contributed by atoms with Crippen LogP contribution in [0, 0.1) is 5.92 Å². The summed E-state index contributed by atoms with van der Waals surface area (Å²) in [5.41, 5.74) is 5.54. The Morgan fingerprint density at radius 1 is 1.41 bits per heavy atom. The lowest BCUT2D eigenvalue weighted by molar-refractivity contribution is -0.138. The van der Waals surface area contributed by atoms with Crippen LogP contribution in [0.2, 0.25) is 0 Å². The van der Waals surface area contributed by atoms with Gasteiger partial charge in [-0.15, -0.1) is 0 Å². The van der Waals surface area contributed by atoms with Gasteiger partial charge < -0.3 is 15.6 Å². The molecule has 0 aliphatic rings. The van der Waals surface area contributed by atoms with Crippen molar-refractivity contribution in [1.29, 1.82) is 0 Å². The average molecular weight is 237 g/mol. The van der Waals surface area contributed by atoms with E-state index in [1.165, 1.54) is 0 Å². The third-order valence-corrected chi connectivity index (χ3v) is 2.54. The molecule has 1 aromatic rings. The quantitative estimate of drug-likeness (QED) is 0.759. The van der Waals surface area contributed by atoms with E-state index in [0.717, 1.165) is 5.75 Å². The first-order chi connectivity index (χ1) is 8.11. The van der Waals surface area contributed by atoms with E-state index in [1.54, 1.807) is 0 Å². The van der Waals surface area contributed by atoms with Crippen molar-refractivity contribution >= 4 is 5.97 Å². The van der Waals surface area contributed by atoms with Crippen molar-refractivity contribution in [3.05, 3.63) is 30.3 Å². The van der Waals surface area contributed by atoms with Crippen molar-refractivity contribution < 1.29 is 14.6 Å². The molecule has 4 heteroatoms. The zero-order valence-electron chi connectivity index (χ0n) is 10.0. The minimum atomic E-state index is -0.813. The number of carboxylic acid groups (broad SMARTS) is 1. The number of rotatable bonds is 7. The molecule has 0 bridgehead atoms. The molecule has 3 N–H and O–H groups in total. The SMILES string of the molecule is C[C@@H](CC(CN)CC(=O)O)Oc1ccccc1. The van der Waals surface area contributed by atoms with Gasteiger partial charge in [-0.3, -0.25) is 4.79 Å². The third-order valence-electron chi connectivity index (χ3n) is 2.54. The fraction of sp³-hybridized carbons (Fsp3) is 0.462. The lowest BCUT2D eigenvalue weighted by Gasteiger charge is -2.19. The monoisotopic (exact) mass is 237 g/mol. The van der Waals surface area contributed by atoms with Gasteiger partial charge in [0, 0.05) is 6.42 Å². The second kappa shape index (κ2) is 6.91. The molecule has 0 aliphatic carbocycles. The molecule has 2 atom stereocenters. The van der Waals surface area contributed by atoms with Crippen molar-refractivity contribution in [2.24, 2.45) is 11.7 Å². The van der Waals surface area contributed by atoms with Crippen molar-refractivity contribution in [3.63, 3.8) is 0 Å². The van der Waals surface area contributed by atoms with Gasteiger partial charge >= 0.3 is 5.97 Å². The summed E-state index contributed by atoms with van der Waals surface area (Å²) >= 11 is 0. The number of para-hydroxylation sites is 1. The smallest absolute Gasteiger partial charge is 0.303 e. The Kier molecular flexibility index (Phi) is 5.49. The van der Waals surface area contributed by atoms with E-state index in [9.17, 15) is 4.79 Å². The van der Waals surface area contributed by atoms with Gasteiger partial charge in [-0.1, -0.05) is 18.2 Å². The van der Waals surface area contributed by atoms with E-state index in [-0.39, 0.29) is 18.4 Å². The molecule has 0 aliphatic heterocycles. The highest BCUT2D eigenvalue weighted by Crippen LogP contribution is 2.16. The maximum atomic E-state index is 10.6. The molecule has 1 unspecified atom stereocenters. The number of benzene rings is 1. The summed E-state index contributed by atoms with van der Waals surface area (Å²) in [6, 6.07) is 9.49. The molecule has 0 heterocycles. The number of hydrogen-bond donors (Lipinski definition) is 2. The second-order valence-electron chi connectivity index (χ2n) is 4.18. The van der Waals surface area contributed by atoms with E-state index < -0.39 is 5.97 Å². The Bertz CT molecular complexity index is 340. The van der Waals surface area contributed by atoms with Gasteiger partial charge in [-0.2, -0.15) is 0 Å². The van der Waals surface area contributed by atoms with E-state index >= 15 is 0 Å². The molecule has 0 aromatic heterocycles. The van der Waals surface area contributed by atoms with Crippen LogP contribution in [-0.4, -0.2) is 23.7 Å². The van der Waals surface area contributed by atoms with Crippen molar-refractivity contribution in [3.8, 4) is 5.75 Å². The fourth-order valence-electron chi connectivity index (χ4n) is 1.76. The van der Waals surface area contributed by atoms with Crippen molar-refractivity contribution in [1.82, 2.24) is 0 Å². The molecule has 94 valence electrons. The minimum Gasteiger partial charge on any atom is -0.491 e. The van der Waals surface area contributed by atoms with Gasteiger partial charge in [-0.05, 0) is 37.9 Å². The highest BCUT2D eigenvalue weighted by molar-refractivity contribution is 5.67. The Morgan fingerprint density at radius 3 is 2.59 bits per heavy atom. The predicted molar refractivity (Wildman–Crippen MR) is 65.9 cm³/mol. The Hall–Kier alpha value is -1.55. The number of nitrogens with two attached hydrogens (primary N) is 1. The van der Waals surface area contributed by atoms with Crippen LogP contribution >= 0.6 is 0 Å². The van der Waals surface area contributed by atoms with Gasteiger partial charge in [0.25, 0.3) is 0 Å². The van der Waals surface area contributed by atoms with Crippen molar-refractivity contribution in [2.45, 2.75) is 25.9 Å². The summed E-state index contributed by atoms with van der Waals surface area (Å²) < 4.78 is 5.68. The molecule has 0 saturated carbocycles. The third kappa shape index (κ3) is 5.36. The zero-order valence-corrected chi connectivity index (χ0v) is 10.0. The molecule has 0 radical (unpaired) electrons. The molecule has 0 amide bonds. The molecule has 0 fully saturated rings. The van der Waals surface area contributed by atoms with Gasteiger partial charge in [0.2, 0.25) is 0 Å². The molecular formula is C13H19NO3. The van der Waals surface area contributed by atoms with Crippen LogP contribution < -0.4 is 10.5 Å². The van der Waals surface area contributed by atoms with E-state index in [1.807, 2.05) is 37.3 Å². The molecule has 1 rings (SSSR count). The normalized spacial score (nSPS) is 14.0. The van der Waals surface area contributed by atoms with Gasteiger partial charge in [0.05, 0.1) is 6.10 Å². The van der Waals surface area contributed by atoms with Gasteiger partial charge in [-0.25, -0.2) is 0 Å². The minimum absolute atomic E-state index is 0.0359. The molecular weight excluding hydrogens is 218 g/mol. The maximum absolute atomic E-state index is 10.6. The fourth-order valence-corrected chi connectivity index (χ4v) is 1.76. The predicted octanol–water partition coefficient (Wildman–Crippen LogP) is 1.89. The number of carbonyl (C=O) groups is 1. The molecule has 0 saturated heterocycles. The first kappa shape index (κ1) is 13.5. The van der Waals surface area contributed by atoms with Crippen LogP contribution in [0.3, 0.4) is 0 Å². The summed E-state index contributed by atoms with van der Waals surface area (Å²) in [6.45, 7) is 2.30. The lowest BCUT2D eigenvalue weighted by Crippen LogP contribution is -2.24. The van der Waals surface area contributed by atoms with Crippen LogP contribution in [-0.2, 0) is 4.79 Å². The number of hydrogen-bond acceptors (Lipinski definition) is 3. The average Bonchev–Trinajstić information content (AvgIpc) is 2.28. The van der Waals surface area contributed by atoms with E-state index in [4.69, 9.17) is 15.6 Å². The van der Waals surface area contributed by atoms with Crippen molar-refractivity contribution in [2.75, 3.05) is 6.54 Å². The van der Waals surface area contributed by atoms with E-state index in [2.05, 4.69) is 0 Å². The highest BCUT2D eigenvalue weighted by atomic mass is 16.5. The molecule has 1 aromatic carbocycles. The number of ether oxygens (including phenoxy) is 1. The topological polar surface area (TPSA) is 72.6 Å². The Balaban J connectivity index is 2.42. The molecule has 17 heavy (non-hydrogen) atoms. The highest BCUT2D eigenvalue weighted by Gasteiger charge is 2.16. The van der Waals surface area contributed by atoms with Gasteiger partial charge in [0.15, 0.2) is 0 Å².